The summed E-state index contributed by atoms with van der Waals surface area (Å²) in [4.78, 5) is 4.63. The molecule has 2 unspecified atom stereocenters. The van der Waals surface area contributed by atoms with Crippen LogP contribution in [-0.4, -0.2) is 35.7 Å². The highest BCUT2D eigenvalue weighted by molar-refractivity contribution is 8.13. The Balaban J connectivity index is 1.87. The first-order valence-corrected chi connectivity index (χ1v) is 6.74. The monoisotopic (exact) mass is 228 g/mol. The normalized spacial score (nSPS) is 39.3. The summed E-state index contributed by atoms with van der Waals surface area (Å²) >= 11 is 1.83. The molecular formula is C11H20N2OS. The molecule has 15 heavy (non-hydrogen) atoms. The number of nitrogens with one attached hydrogen (secondary N) is 1. The summed E-state index contributed by atoms with van der Waals surface area (Å²) in [5, 5.41) is 4.52. The number of rotatable bonds is 2. The van der Waals surface area contributed by atoms with E-state index in [4.69, 9.17) is 4.74 Å². The first-order valence-electron chi connectivity index (χ1n) is 5.76. The van der Waals surface area contributed by atoms with Crippen LogP contribution >= 0.6 is 11.8 Å². The SMILES string of the molecule is CC1CCSC(=NCC2(C)CCCO2)N1. The Morgan fingerprint density at radius 2 is 2.53 bits per heavy atom. The van der Waals surface area contributed by atoms with Gasteiger partial charge in [0.25, 0.3) is 0 Å². The van der Waals surface area contributed by atoms with Crippen LogP contribution < -0.4 is 5.32 Å². The van der Waals surface area contributed by atoms with Crippen molar-refractivity contribution < 1.29 is 4.74 Å². The van der Waals surface area contributed by atoms with Crippen molar-refractivity contribution >= 4 is 16.9 Å². The van der Waals surface area contributed by atoms with Crippen molar-refractivity contribution in [2.45, 2.75) is 44.8 Å². The molecule has 2 aliphatic rings. The highest BCUT2D eigenvalue weighted by Gasteiger charge is 2.29. The molecule has 0 saturated carbocycles. The lowest BCUT2D eigenvalue weighted by atomic mass is 10.0. The fourth-order valence-electron chi connectivity index (χ4n) is 1.95. The predicted octanol–water partition coefficient (Wildman–Crippen LogP) is 2.03. The van der Waals surface area contributed by atoms with E-state index in [0.29, 0.717) is 6.04 Å². The Morgan fingerprint density at radius 1 is 1.67 bits per heavy atom. The summed E-state index contributed by atoms with van der Waals surface area (Å²) < 4.78 is 5.71. The number of nitrogens with zero attached hydrogens (tertiary/aromatic N) is 1. The molecule has 0 radical (unpaired) electrons. The van der Waals surface area contributed by atoms with Crippen LogP contribution in [0.1, 0.15) is 33.1 Å². The van der Waals surface area contributed by atoms with Gasteiger partial charge in [-0.1, -0.05) is 11.8 Å². The molecule has 2 rings (SSSR count). The van der Waals surface area contributed by atoms with E-state index in [0.717, 1.165) is 24.7 Å². The van der Waals surface area contributed by atoms with E-state index < -0.39 is 0 Å². The van der Waals surface area contributed by atoms with Gasteiger partial charge in [-0.3, -0.25) is 4.99 Å². The average molecular weight is 228 g/mol. The molecule has 0 bridgehead atoms. The van der Waals surface area contributed by atoms with Crippen LogP contribution in [0.5, 0.6) is 0 Å². The van der Waals surface area contributed by atoms with E-state index in [2.05, 4.69) is 24.2 Å². The number of amidine groups is 1. The topological polar surface area (TPSA) is 33.6 Å². The zero-order chi connectivity index (χ0) is 10.7. The second-order valence-electron chi connectivity index (χ2n) is 4.71. The van der Waals surface area contributed by atoms with Crippen LogP contribution in [0.15, 0.2) is 4.99 Å². The summed E-state index contributed by atoms with van der Waals surface area (Å²) in [6.07, 6.45) is 3.56. The van der Waals surface area contributed by atoms with Gasteiger partial charge in [-0.2, -0.15) is 0 Å². The van der Waals surface area contributed by atoms with E-state index in [1.165, 1.54) is 18.6 Å². The standard InChI is InChI=1S/C11H20N2OS/c1-9-4-7-15-10(13-9)12-8-11(2)5-3-6-14-11/h9H,3-8H2,1-2H3,(H,12,13). The summed E-state index contributed by atoms with van der Waals surface area (Å²) in [6, 6.07) is 0.572. The van der Waals surface area contributed by atoms with Crippen LogP contribution in [0.25, 0.3) is 0 Å². The molecule has 2 atom stereocenters. The Kier molecular flexibility index (Phi) is 3.57. The van der Waals surface area contributed by atoms with Gasteiger partial charge in [0.15, 0.2) is 5.17 Å². The summed E-state index contributed by atoms with van der Waals surface area (Å²) in [7, 11) is 0. The zero-order valence-electron chi connectivity index (χ0n) is 9.58. The fraction of sp³-hybridized carbons (Fsp3) is 0.909. The maximum atomic E-state index is 5.71. The molecule has 2 saturated heterocycles. The van der Waals surface area contributed by atoms with Crippen LogP contribution in [0.4, 0.5) is 0 Å². The molecule has 0 aromatic heterocycles. The second-order valence-corrected chi connectivity index (χ2v) is 5.79. The first kappa shape index (κ1) is 11.3. The van der Waals surface area contributed by atoms with Gasteiger partial charge in [-0.15, -0.1) is 0 Å². The minimum Gasteiger partial charge on any atom is -0.373 e. The number of ether oxygens (including phenoxy) is 1. The minimum atomic E-state index is -0.00404. The largest absolute Gasteiger partial charge is 0.373 e. The van der Waals surface area contributed by atoms with Gasteiger partial charge in [-0.05, 0) is 33.1 Å². The van der Waals surface area contributed by atoms with Gasteiger partial charge in [-0.25, -0.2) is 0 Å². The number of hydrogen-bond donors (Lipinski definition) is 1. The van der Waals surface area contributed by atoms with E-state index in [-0.39, 0.29) is 5.60 Å². The van der Waals surface area contributed by atoms with Gasteiger partial charge in [0.05, 0.1) is 12.1 Å². The number of thioether (sulfide) groups is 1. The van der Waals surface area contributed by atoms with Gasteiger partial charge in [0.1, 0.15) is 0 Å². The molecule has 0 aromatic carbocycles. The zero-order valence-corrected chi connectivity index (χ0v) is 10.4. The Hall–Kier alpha value is -0.220. The summed E-state index contributed by atoms with van der Waals surface area (Å²) in [6.45, 7) is 6.08. The molecule has 1 N–H and O–H groups in total. The molecule has 3 nitrogen and oxygen atoms in total. The Morgan fingerprint density at radius 3 is 3.20 bits per heavy atom. The van der Waals surface area contributed by atoms with E-state index >= 15 is 0 Å². The first-order chi connectivity index (χ1) is 7.18. The molecule has 2 aliphatic heterocycles. The number of aliphatic imine (C=N–C) groups is 1. The maximum Gasteiger partial charge on any atom is 0.156 e. The van der Waals surface area contributed by atoms with Crippen molar-refractivity contribution in [3.8, 4) is 0 Å². The smallest absolute Gasteiger partial charge is 0.156 e. The average Bonchev–Trinajstić information content (AvgIpc) is 2.63. The van der Waals surface area contributed by atoms with Crippen molar-refractivity contribution in [2.24, 2.45) is 4.99 Å². The third kappa shape index (κ3) is 3.11. The lowest BCUT2D eigenvalue weighted by molar-refractivity contribution is 0.0285. The number of hydrogen-bond acceptors (Lipinski definition) is 3. The van der Waals surface area contributed by atoms with Gasteiger partial charge >= 0.3 is 0 Å². The van der Waals surface area contributed by atoms with Crippen molar-refractivity contribution in [1.82, 2.24) is 5.32 Å². The molecule has 2 heterocycles. The van der Waals surface area contributed by atoms with Crippen LogP contribution in [0, 0.1) is 0 Å². The molecule has 2 fully saturated rings. The highest BCUT2D eigenvalue weighted by atomic mass is 32.2. The molecule has 4 heteroatoms. The lowest BCUT2D eigenvalue weighted by Crippen LogP contribution is -2.37. The summed E-state index contributed by atoms with van der Waals surface area (Å²) in [5.74, 6) is 1.19. The van der Waals surface area contributed by atoms with Crippen LogP contribution in [0.3, 0.4) is 0 Å². The lowest BCUT2D eigenvalue weighted by Gasteiger charge is -2.24. The van der Waals surface area contributed by atoms with Crippen molar-refractivity contribution in [3.05, 3.63) is 0 Å². The second kappa shape index (κ2) is 4.74. The molecule has 0 spiro atoms. The fourth-order valence-corrected chi connectivity index (χ4v) is 3.05. The Bertz CT molecular complexity index is 249. The predicted molar refractivity (Wildman–Crippen MR) is 65.6 cm³/mol. The van der Waals surface area contributed by atoms with Crippen LogP contribution in [-0.2, 0) is 4.74 Å². The molecular weight excluding hydrogens is 208 g/mol. The third-order valence-electron chi connectivity index (χ3n) is 3.02. The molecule has 0 amide bonds. The van der Waals surface area contributed by atoms with Crippen LogP contribution in [0.2, 0.25) is 0 Å². The Labute approximate surface area is 96.1 Å². The maximum absolute atomic E-state index is 5.71. The van der Waals surface area contributed by atoms with Crippen molar-refractivity contribution in [1.29, 1.82) is 0 Å². The molecule has 0 aliphatic carbocycles. The highest BCUT2D eigenvalue weighted by Crippen LogP contribution is 2.25. The quantitative estimate of drug-likeness (QED) is 0.785. The van der Waals surface area contributed by atoms with E-state index in [1.807, 2.05) is 11.8 Å². The van der Waals surface area contributed by atoms with Crippen molar-refractivity contribution in [3.63, 3.8) is 0 Å². The molecule has 0 aromatic rings. The molecule has 86 valence electrons. The van der Waals surface area contributed by atoms with Gasteiger partial charge in [0.2, 0.25) is 0 Å². The van der Waals surface area contributed by atoms with Gasteiger partial charge in [0, 0.05) is 18.4 Å². The van der Waals surface area contributed by atoms with E-state index in [1.54, 1.807) is 0 Å². The van der Waals surface area contributed by atoms with E-state index in [9.17, 15) is 0 Å². The van der Waals surface area contributed by atoms with Crippen molar-refractivity contribution in [2.75, 3.05) is 18.9 Å². The summed E-state index contributed by atoms with van der Waals surface area (Å²) in [5.41, 5.74) is -0.00404. The third-order valence-corrected chi connectivity index (χ3v) is 3.98. The van der Waals surface area contributed by atoms with Gasteiger partial charge < -0.3 is 10.1 Å². The minimum absolute atomic E-state index is 0.00404.